The van der Waals surface area contributed by atoms with Gasteiger partial charge in [-0.25, -0.2) is 0 Å². The molecule has 1 saturated heterocycles. The normalized spacial score (nSPS) is 16.6. The number of nitrogens with one attached hydrogen (secondary N) is 1. The number of benzene rings is 1. The molecule has 1 fully saturated rings. The van der Waals surface area contributed by atoms with Gasteiger partial charge in [0, 0.05) is 49.6 Å². The molecule has 1 aliphatic heterocycles. The van der Waals surface area contributed by atoms with E-state index in [0.29, 0.717) is 12.1 Å². The quantitative estimate of drug-likeness (QED) is 0.901. The van der Waals surface area contributed by atoms with Crippen molar-refractivity contribution in [1.82, 2.24) is 5.32 Å². The summed E-state index contributed by atoms with van der Waals surface area (Å²) in [5.74, 6) is 0. The van der Waals surface area contributed by atoms with E-state index >= 15 is 0 Å². The summed E-state index contributed by atoms with van der Waals surface area (Å²) in [4.78, 5) is 2.37. The van der Waals surface area contributed by atoms with Crippen LogP contribution >= 0.6 is 11.6 Å². The van der Waals surface area contributed by atoms with Gasteiger partial charge >= 0.3 is 0 Å². The second kappa shape index (κ2) is 7.30. The Labute approximate surface area is 127 Å². The Bertz CT molecular complexity index is 430. The van der Waals surface area contributed by atoms with Gasteiger partial charge in [0.15, 0.2) is 0 Å². The van der Waals surface area contributed by atoms with Crippen LogP contribution < -0.4 is 10.2 Å². The molecule has 0 spiro atoms. The molecule has 1 heterocycles. The predicted molar refractivity (Wildman–Crippen MR) is 85.7 cm³/mol. The highest BCUT2D eigenvalue weighted by atomic mass is 35.5. The van der Waals surface area contributed by atoms with E-state index in [2.05, 4.69) is 43.2 Å². The lowest BCUT2D eigenvalue weighted by molar-refractivity contribution is 0.0854. The molecular weight excluding hydrogens is 272 g/mol. The van der Waals surface area contributed by atoms with Crippen LogP contribution in [-0.4, -0.2) is 32.3 Å². The molecule has 1 aromatic rings. The average Bonchev–Trinajstić information content (AvgIpc) is 2.46. The monoisotopic (exact) mass is 296 g/mol. The maximum Gasteiger partial charge on any atom is 0.0485 e. The molecule has 0 radical (unpaired) electrons. The zero-order valence-electron chi connectivity index (χ0n) is 12.7. The van der Waals surface area contributed by atoms with Crippen molar-refractivity contribution in [2.45, 2.75) is 45.3 Å². The van der Waals surface area contributed by atoms with E-state index in [9.17, 15) is 0 Å². The fourth-order valence-corrected chi connectivity index (χ4v) is 2.76. The first kappa shape index (κ1) is 15.6. The summed E-state index contributed by atoms with van der Waals surface area (Å²) in [7, 11) is 2.17. The summed E-state index contributed by atoms with van der Waals surface area (Å²) in [6.45, 7) is 6.91. The van der Waals surface area contributed by atoms with Crippen LogP contribution in [-0.2, 0) is 11.3 Å². The number of ether oxygens (including phenoxy) is 1. The van der Waals surface area contributed by atoms with E-state index in [4.69, 9.17) is 16.3 Å². The third-order valence-corrected chi connectivity index (χ3v) is 4.10. The third-order valence-electron chi connectivity index (χ3n) is 3.87. The van der Waals surface area contributed by atoms with Crippen LogP contribution in [0.2, 0.25) is 5.02 Å². The van der Waals surface area contributed by atoms with Crippen molar-refractivity contribution in [2.75, 3.05) is 25.2 Å². The van der Waals surface area contributed by atoms with Crippen LogP contribution in [0.1, 0.15) is 32.3 Å². The molecule has 0 aliphatic carbocycles. The van der Waals surface area contributed by atoms with Crippen molar-refractivity contribution >= 4 is 17.3 Å². The Hall–Kier alpha value is -0.770. The van der Waals surface area contributed by atoms with Gasteiger partial charge in [0.05, 0.1) is 0 Å². The van der Waals surface area contributed by atoms with Crippen molar-refractivity contribution in [3.05, 3.63) is 28.8 Å². The minimum absolute atomic E-state index is 0.479. The van der Waals surface area contributed by atoms with Gasteiger partial charge in [-0.15, -0.1) is 0 Å². The predicted octanol–water partition coefficient (Wildman–Crippen LogP) is 3.45. The molecular formula is C16H25ClN2O. The first-order chi connectivity index (χ1) is 9.58. The summed E-state index contributed by atoms with van der Waals surface area (Å²) in [6.07, 6.45) is 2.17. The van der Waals surface area contributed by atoms with Crippen LogP contribution in [0.25, 0.3) is 0 Å². The zero-order valence-corrected chi connectivity index (χ0v) is 13.4. The fraction of sp³-hybridized carbons (Fsp3) is 0.625. The molecule has 0 bridgehead atoms. The number of rotatable bonds is 5. The second-order valence-corrected chi connectivity index (χ2v) is 6.20. The summed E-state index contributed by atoms with van der Waals surface area (Å²) < 4.78 is 5.45. The van der Waals surface area contributed by atoms with E-state index in [1.54, 1.807) is 0 Å². The van der Waals surface area contributed by atoms with Gasteiger partial charge in [0.25, 0.3) is 0 Å². The lowest BCUT2D eigenvalue weighted by atomic mass is 10.0. The van der Waals surface area contributed by atoms with Gasteiger partial charge in [-0.05, 0) is 30.5 Å². The molecule has 20 heavy (non-hydrogen) atoms. The third kappa shape index (κ3) is 4.11. The maximum atomic E-state index is 6.19. The van der Waals surface area contributed by atoms with Crippen LogP contribution in [0.15, 0.2) is 18.2 Å². The van der Waals surface area contributed by atoms with Gasteiger partial charge in [0.1, 0.15) is 0 Å². The molecule has 0 unspecified atom stereocenters. The zero-order chi connectivity index (χ0) is 14.5. The lowest BCUT2D eigenvalue weighted by Gasteiger charge is -2.34. The van der Waals surface area contributed by atoms with Crippen molar-refractivity contribution < 1.29 is 4.74 Å². The highest BCUT2D eigenvalue weighted by Crippen LogP contribution is 2.28. The maximum absolute atomic E-state index is 6.19. The Kier molecular flexibility index (Phi) is 5.70. The van der Waals surface area contributed by atoms with Gasteiger partial charge in [-0.2, -0.15) is 0 Å². The second-order valence-electron chi connectivity index (χ2n) is 5.76. The van der Waals surface area contributed by atoms with Gasteiger partial charge in [0.2, 0.25) is 0 Å². The highest BCUT2D eigenvalue weighted by Gasteiger charge is 2.20. The Balaban J connectivity index is 2.16. The van der Waals surface area contributed by atoms with Crippen LogP contribution in [0.4, 0.5) is 5.69 Å². The SMILES string of the molecule is CC(C)NCc1ccc(Cl)cc1N(C)C1CCOCC1. The van der Waals surface area contributed by atoms with Gasteiger partial charge in [-0.3, -0.25) is 0 Å². The van der Waals surface area contributed by atoms with Gasteiger partial charge < -0.3 is 15.0 Å². The molecule has 112 valence electrons. The average molecular weight is 297 g/mol. The standard InChI is InChI=1S/C16H25ClN2O/c1-12(2)18-11-13-4-5-14(17)10-16(13)19(3)15-6-8-20-9-7-15/h4-5,10,12,15,18H,6-9,11H2,1-3H3. The summed E-state index contributed by atoms with van der Waals surface area (Å²) in [5, 5.41) is 4.28. The topological polar surface area (TPSA) is 24.5 Å². The Morgan fingerprint density at radius 1 is 1.35 bits per heavy atom. The lowest BCUT2D eigenvalue weighted by Crippen LogP contribution is -2.37. The minimum atomic E-state index is 0.479. The molecule has 2 rings (SSSR count). The van der Waals surface area contributed by atoms with E-state index in [-0.39, 0.29) is 0 Å². The fourth-order valence-electron chi connectivity index (χ4n) is 2.60. The number of hydrogen-bond acceptors (Lipinski definition) is 3. The molecule has 1 aliphatic rings. The highest BCUT2D eigenvalue weighted by molar-refractivity contribution is 6.30. The largest absolute Gasteiger partial charge is 0.381 e. The number of anilines is 1. The smallest absolute Gasteiger partial charge is 0.0485 e. The van der Waals surface area contributed by atoms with E-state index in [1.165, 1.54) is 11.3 Å². The Morgan fingerprint density at radius 3 is 2.70 bits per heavy atom. The molecule has 0 saturated carbocycles. The molecule has 1 N–H and O–H groups in total. The van der Waals surface area contributed by atoms with E-state index in [0.717, 1.165) is 37.6 Å². The minimum Gasteiger partial charge on any atom is -0.381 e. The van der Waals surface area contributed by atoms with Crippen LogP contribution in [0, 0.1) is 0 Å². The van der Waals surface area contributed by atoms with Crippen molar-refractivity contribution in [1.29, 1.82) is 0 Å². The first-order valence-corrected chi connectivity index (χ1v) is 7.78. The number of nitrogens with zero attached hydrogens (tertiary/aromatic N) is 1. The molecule has 0 atom stereocenters. The number of halogens is 1. The van der Waals surface area contributed by atoms with E-state index in [1.807, 2.05) is 6.07 Å². The summed E-state index contributed by atoms with van der Waals surface area (Å²) in [6, 6.07) is 7.20. The van der Waals surface area contributed by atoms with Crippen molar-refractivity contribution in [3.8, 4) is 0 Å². The van der Waals surface area contributed by atoms with Crippen LogP contribution in [0.3, 0.4) is 0 Å². The molecule has 0 amide bonds. The number of hydrogen-bond donors (Lipinski definition) is 1. The van der Waals surface area contributed by atoms with Gasteiger partial charge in [-0.1, -0.05) is 31.5 Å². The Morgan fingerprint density at radius 2 is 2.05 bits per heavy atom. The first-order valence-electron chi connectivity index (χ1n) is 7.40. The molecule has 4 heteroatoms. The van der Waals surface area contributed by atoms with Crippen molar-refractivity contribution in [2.24, 2.45) is 0 Å². The van der Waals surface area contributed by atoms with E-state index < -0.39 is 0 Å². The van der Waals surface area contributed by atoms with Crippen LogP contribution in [0.5, 0.6) is 0 Å². The molecule has 1 aromatic carbocycles. The van der Waals surface area contributed by atoms with Crippen molar-refractivity contribution in [3.63, 3.8) is 0 Å². The molecule has 3 nitrogen and oxygen atoms in total. The summed E-state index contributed by atoms with van der Waals surface area (Å²) >= 11 is 6.19. The molecule has 0 aromatic heterocycles. The summed E-state index contributed by atoms with van der Waals surface area (Å²) in [5.41, 5.74) is 2.54.